The van der Waals surface area contributed by atoms with Gasteiger partial charge < -0.3 is 34.9 Å². The third-order valence-electron chi connectivity index (χ3n) is 7.41. The lowest BCUT2D eigenvalue weighted by Gasteiger charge is -2.32. The Morgan fingerprint density at radius 1 is 1.12 bits per heavy atom. The molecule has 0 bridgehead atoms. The van der Waals surface area contributed by atoms with E-state index in [4.69, 9.17) is 29.8 Å². The van der Waals surface area contributed by atoms with E-state index in [1.54, 1.807) is 39.9 Å². The topological polar surface area (TPSA) is 156 Å². The Morgan fingerprint density at radius 3 is 2.71 bits per heavy atom. The van der Waals surface area contributed by atoms with Crippen molar-refractivity contribution in [1.29, 1.82) is 0 Å². The molecule has 2 aliphatic heterocycles. The van der Waals surface area contributed by atoms with E-state index in [9.17, 15) is 9.59 Å². The van der Waals surface area contributed by atoms with Gasteiger partial charge in [-0.3, -0.25) is 9.59 Å². The highest BCUT2D eigenvalue weighted by Gasteiger charge is 2.31. The summed E-state index contributed by atoms with van der Waals surface area (Å²) in [6, 6.07) is 8.27. The van der Waals surface area contributed by atoms with Crippen LogP contribution in [0, 0.1) is 0 Å². The molecule has 0 spiro atoms. The fraction of sp³-hybridized carbons (Fsp3) is 0.276. The van der Waals surface area contributed by atoms with Gasteiger partial charge in [0.2, 0.25) is 12.7 Å². The molecule has 6 rings (SSSR count). The monoisotopic (exact) mass is 571 g/mol. The lowest BCUT2D eigenvalue weighted by Crippen LogP contribution is -2.40. The first-order valence-electron chi connectivity index (χ1n) is 13.3. The van der Waals surface area contributed by atoms with E-state index < -0.39 is 0 Å². The Balaban J connectivity index is 1.37. The van der Waals surface area contributed by atoms with Crippen LogP contribution in [0.25, 0.3) is 22.3 Å². The van der Waals surface area contributed by atoms with E-state index in [-0.39, 0.29) is 30.5 Å². The molecule has 42 heavy (non-hydrogen) atoms. The molecular weight excluding hydrogens is 542 g/mol. The van der Waals surface area contributed by atoms with Gasteiger partial charge in [-0.05, 0) is 49.2 Å². The normalized spacial score (nSPS) is 15.9. The number of nitrogens with two attached hydrogens (primary N) is 1. The van der Waals surface area contributed by atoms with E-state index in [1.807, 2.05) is 0 Å². The van der Waals surface area contributed by atoms with Crippen LogP contribution in [0.4, 0.5) is 11.5 Å². The Bertz CT molecular complexity index is 1720. The zero-order chi connectivity index (χ0) is 29.4. The molecule has 2 aliphatic rings. The quantitative estimate of drug-likeness (QED) is 0.315. The van der Waals surface area contributed by atoms with Gasteiger partial charge in [-0.2, -0.15) is 5.10 Å². The van der Waals surface area contributed by atoms with Crippen molar-refractivity contribution in [2.75, 3.05) is 45.2 Å². The molecule has 1 saturated heterocycles. The molecular formula is C29H29N7O6. The minimum atomic E-state index is -0.371. The molecule has 3 N–H and O–H groups in total. The standard InChI is InChI=1S/C29H29N7O6/c1-4-22(37)35-11-5-6-17(13-35)36-28-23(27(30)31-14-32-28)24(34-36)18-8-9-19(26-25(18)41-15-42-26)33-29(38)16-7-10-20(39-2)21(12-16)40-3/h4,7-10,12,14,17H,1,5-6,11,13,15H2,2-3H3,(H,33,38)(H2,30,31,32)/t17-/m1/s1. The summed E-state index contributed by atoms with van der Waals surface area (Å²) in [7, 11) is 3.03. The number of aromatic nitrogens is 4. The van der Waals surface area contributed by atoms with Crippen LogP contribution in [-0.2, 0) is 4.79 Å². The first-order valence-corrected chi connectivity index (χ1v) is 13.3. The molecule has 13 heteroatoms. The number of anilines is 2. The van der Waals surface area contributed by atoms with Crippen LogP contribution in [0.15, 0.2) is 49.3 Å². The number of carbonyl (C=O) groups is 2. The highest BCUT2D eigenvalue weighted by Crippen LogP contribution is 2.48. The van der Waals surface area contributed by atoms with Crippen molar-refractivity contribution >= 4 is 34.4 Å². The summed E-state index contributed by atoms with van der Waals surface area (Å²) in [6.07, 6.45) is 4.33. The summed E-state index contributed by atoms with van der Waals surface area (Å²) in [5, 5.41) is 8.39. The number of piperidine rings is 1. The second-order valence-electron chi connectivity index (χ2n) is 9.78. The minimum absolute atomic E-state index is 0.0442. The van der Waals surface area contributed by atoms with Gasteiger partial charge in [0.05, 0.1) is 31.3 Å². The van der Waals surface area contributed by atoms with Crippen LogP contribution in [0.2, 0.25) is 0 Å². The van der Waals surface area contributed by atoms with Crippen molar-refractivity contribution < 1.29 is 28.5 Å². The van der Waals surface area contributed by atoms with E-state index >= 15 is 0 Å². The number of ether oxygens (including phenoxy) is 4. The number of fused-ring (bicyclic) bond motifs is 2. The van der Waals surface area contributed by atoms with Crippen LogP contribution in [-0.4, -0.2) is 70.6 Å². The van der Waals surface area contributed by atoms with Crippen molar-refractivity contribution in [2.24, 2.45) is 0 Å². The van der Waals surface area contributed by atoms with Gasteiger partial charge in [-0.15, -0.1) is 0 Å². The SMILES string of the molecule is C=CC(=O)N1CCC[C@@H](n2nc(-c3ccc(NC(=O)c4ccc(OC)c(OC)c4)c4c3OCO4)c3c(N)ncnc32)C1. The van der Waals surface area contributed by atoms with E-state index in [0.717, 1.165) is 12.8 Å². The van der Waals surface area contributed by atoms with Gasteiger partial charge in [-0.1, -0.05) is 6.58 Å². The molecule has 0 aliphatic carbocycles. The molecule has 0 unspecified atom stereocenters. The molecule has 216 valence electrons. The first kappa shape index (κ1) is 26.9. The van der Waals surface area contributed by atoms with Crippen molar-refractivity contribution in [1.82, 2.24) is 24.6 Å². The average Bonchev–Trinajstić information content (AvgIpc) is 3.67. The number of carbonyl (C=O) groups excluding carboxylic acids is 2. The molecule has 1 atom stereocenters. The predicted molar refractivity (Wildman–Crippen MR) is 154 cm³/mol. The highest BCUT2D eigenvalue weighted by atomic mass is 16.7. The van der Waals surface area contributed by atoms with Crippen LogP contribution in [0.3, 0.4) is 0 Å². The summed E-state index contributed by atoms with van der Waals surface area (Å²) in [5.74, 6) is 1.47. The number of nitrogen functional groups attached to an aromatic ring is 1. The number of benzene rings is 2. The third kappa shape index (κ3) is 4.58. The highest BCUT2D eigenvalue weighted by molar-refractivity contribution is 6.07. The molecule has 2 aromatic heterocycles. The largest absolute Gasteiger partial charge is 0.493 e. The van der Waals surface area contributed by atoms with Crippen LogP contribution in [0.1, 0.15) is 29.2 Å². The number of hydrogen-bond acceptors (Lipinski definition) is 10. The first-order chi connectivity index (χ1) is 20.4. The number of likely N-dealkylation sites (tertiary alicyclic amines) is 1. The zero-order valence-electron chi connectivity index (χ0n) is 23.1. The Hall–Kier alpha value is -5.33. The second-order valence-corrected chi connectivity index (χ2v) is 9.78. The number of nitrogens with zero attached hydrogens (tertiary/aromatic N) is 5. The van der Waals surface area contributed by atoms with Gasteiger partial charge >= 0.3 is 0 Å². The number of methoxy groups -OCH3 is 2. The molecule has 0 radical (unpaired) electrons. The molecule has 4 heterocycles. The van der Waals surface area contributed by atoms with Crippen LogP contribution < -0.4 is 30.0 Å². The fourth-order valence-electron chi connectivity index (χ4n) is 5.38. The molecule has 0 saturated carbocycles. The van der Waals surface area contributed by atoms with Crippen molar-refractivity contribution in [3.8, 4) is 34.3 Å². The maximum atomic E-state index is 13.1. The van der Waals surface area contributed by atoms with Gasteiger partial charge in [0.1, 0.15) is 17.8 Å². The summed E-state index contributed by atoms with van der Waals surface area (Å²) in [5.41, 5.74) is 8.81. The maximum absolute atomic E-state index is 13.1. The molecule has 4 aromatic rings. The van der Waals surface area contributed by atoms with Crippen LogP contribution >= 0.6 is 0 Å². The molecule has 2 amide bonds. The average molecular weight is 572 g/mol. The Kier molecular flexibility index (Phi) is 6.98. The van der Waals surface area contributed by atoms with E-state index in [0.29, 0.717) is 69.6 Å². The summed E-state index contributed by atoms with van der Waals surface area (Å²) in [6.45, 7) is 4.69. The summed E-state index contributed by atoms with van der Waals surface area (Å²) >= 11 is 0. The maximum Gasteiger partial charge on any atom is 0.255 e. The van der Waals surface area contributed by atoms with Gasteiger partial charge in [-0.25, -0.2) is 14.6 Å². The number of amides is 2. The lowest BCUT2D eigenvalue weighted by atomic mass is 10.1. The van der Waals surface area contributed by atoms with Gasteiger partial charge in [0.15, 0.2) is 28.6 Å². The number of nitrogens with one attached hydrogen (secondary N) is 1. The van der Waals surface area contributed by atoms with Crippen molar-refractivity contribution in [3.05, 3.63) is 54.9 Å². The summed E-state index contributed by atoms with van der Waals surface area (Å²) < 4.78 is 24.1. The van der Waals surface area contributed by atoms with E-state index in [1.165, 1.54) is 26.6 Å². The number of hydrogen-bond donors (Lipinski definition) is 2. The molecule has 2 aromatic carbocycles. The Morgan fingerprint density at radius 2 is 1.93 bits per heavy atom. The predicted octanol–water partition coefficient (Wildman–Crippen LogP) is 3.42. The minimum Gasteiger partial charge on any atom is -0.493 e. The summed E-state index contributed by atoms with van der Waals surface area (Å²) in [4.78, 5) is 35.9. The molecule has 1 fully saturated rings. The fourth-order valence-corrected chi connectivity index (χ4v) is 5.38. The van der Waals surface area contributed by atoms with E-state index in [2.05, 4.69) is 21.9 Å². The third-order valence-corrected chi connectivity index (χ3v) is 7.41. The van der Waals surface area contributed by atoms with Gasteiger partial charge in [0.25, 0.3) is 5.91 Å². The van der Waals surface area contributed by atoms with Crippen LogP contribution in [0.5, 0.6) is 23.0 Å². The second kappa shape index (κ2) is 10.9. The number of rotatable bonds is 7. The van der Waals surface area contributed by atoms with Crippen molar-refractivity contribution in [2.45, 2.75) is 18.9 Å². The molecule has 13 nitrogen and oxygen atoms in total. The zero-order valence-corrected chi connectivity index (χ0v) is 23.1. The smallest absolute Gasteiger partial charge is 0.255 e. The lowest BCUT2D eigenvalue weighted by molar-refractivity contribution is -0.127. The van der Waals surface area contributed by atoms with Crippen molar-refractivity contribution in [3.63, 3.8) is 0 Å². The Labute approximate surface area is 240 Å². The van der Waals surface area contributed by atoms with Gasteiger partial charge in [0, 0.05) is 24.2 Å².